The van der Waals surface area contributed by atoms with Crippen molar-refractivity contribution < 1.29 is 8.42 Å². The van der Waals surface area contributed by atoms with Crippen molar-refractivity contribution >= 4 is 55.5 Å². The van der Waals surface area contributed by atoms with Gasteiger partial charge in [0.15, 0.2) is 0 Å². The summed E-state index contributed by atoms with van der Waals surface area (Å²) >= 11 is 7.14. The van der Waals surface area contributed by atoms with E-state index >= 15 is 0 Å². The molecule has 2 rings (SSSR count). The Morgan fingerprint density at radius 1 is 1.25 bits per heavy atom. The molecule has 0 amide bonds. The number of fused-ring (bicyclic) bond motifs is 1. The highest BCUT2D eigenvalue weighted by molar-refractivity contribution is 7.91. The molecule has 0 atom stereocenters. The topological polar surface area (TPSA) is 58.2 Å². The Labute approximate surface area is 134 Å². The lowest BCUT2D eigenvalue weighted by molar-refractivity contribution is 0.579. The van der Waals surface area contributed by atoms with Crippen LogP contribution in [0, 0.1) is 0 Å². The van der Waals surface area contributed by atoms with Crippen LogP contribution in [0.15, 0.2) is 28.5 Å². The highest BCUT2D eigenvalue weighted by Crippen LogP contribution is 2.30. The molecule has 0 bridgehead atoms. The molecule has 0 aliphatic rings. The lowest BCUT2D eigenvalue weighted by Gasteiger charge is -2.04. The number of hydrogen-bond donors (Lipinski definition) is 2. The molecule has 0 aliphatic heterocycles. The van der Waals surface area contributed by atoms with Gasteiger partial charge in [-0.1, -0.05) is 18.5 Å². The van der Waals surface area contributed by atoms with E-state index in [0.29, 0.717) is 22.3 Å². The third kappa shape index (κ3) is 4.31. The summed E-state index contributed by atoms with van der Waals surface area (Å²) in [5.41, 5.74) is 0. The first kappa shape index (κ1) is 17.7. The van der Waals surface area contributed by atoms with Crippen LogP contribution in [0.2, 0.25) is 5.02 Å². The van der Waals surface area contributed by atoms with Gasteiger partial charge in [0.05, 0.1) is 0 Å². The van der Waals surface area contributed by atoms with Gasteiger partial charge in [-0.05, 0) is 36.2 Å². The Morgan fingerprint density at radius 3 is 2.70 bits per heavy atom. The van der Waals surface area contributed by atoms with Gasteiger partial charge < -0.3 is 5.32 Å². The maximum Gasteiger partial charge on any atom is 0.250 e. The first-order valence-corrected chi connectivity index (χ1v) is 8.60. The summed E-state index contributed by atoms with van der Waals surface area (Å²) in [7, 11) is -3.43. The van der Waals surface area contributed by atoms with Gasteiger partial charge in [-0.25, -0.2) is 13.1 Å². The molecule has 0 saturated carbocycles. The fraction of sp³-hybridized carbons (Fsp3) is 0.333. The first-order valence-electron chi connectivity index (χ1n) is 5.92. The summed E-state index contributed by atoms with van der Waals surface area (Å²) in [4.78, 5) is 0. The minimum absolute atomic E-state index is 0. The molecule has 2 N–H and O–H groups in total. The van der Waals surface area contributed by atoms with E-state index in [-0.39, 0.29) is 12.4 Å². The second-order valence-corrected chi connectivity index (χ2v) is 7.51. The Morgan fingerprint density at radius 2 is 2.00 bits per heavy atom. The zero-order valence-electron chi connectivity index (χ0n) is 10.8. The minimum atomic E-state index is -3.43. The number of likely N-dealkylation sites (N-methyl/N-ethyl adjacent to an activating group) is 1. The van der Waals surface area contributed by atoms with Crippen LogP contribution < -0.4 is 10.0 Å². The van der Waals surface area contributed by atoms with Crippen LogP contribution in [0.3, 0.4) is 0 Å². The fourth-order valence-electron chi connectivity index (χ4n) is 1.64. The van der Waals surface area contributed by atoms with Crippen LogP contribution >= 0.6 is 35.3 Å². The zero-order valence-corrected chi connectivity index (χ0v) is 14.1. The average molecular weight is 355 g/mol. The number of benzene rings is 1. The lowest BCUT2D eigenvalue weighted by Crippen LogP contribution is -2.31. The molecule has 1 aromatic carbocycles. The zero-order chi connectivity index (χ0) is 13.9. The molecule has 0 fully saturated rings. The van der Waals surface area contributed by atoms with Gasteiger partial charge in [0.2, 0.25) is 10.0 Å². The molecule has 0 radical (unpaired) electrons. The molecule has 8 heteroatoms. The Hall–Kier alpha value is -0.370. The molecule has 20 heavy (non-hydrogen) atoms. The Bertz CT molecular complexity index is 671. The number of nitrogens with one attached hydrogen (secondary N) is 2. The van der Waals surface area contributed by atoms with Crippen LogP contribution in [0.4, 0.5) is 0 Å². The van der Waals surface area contributed by atoms with Gasteiger partial charge in [-0.2, -0.15) is 0 Å². The predicted molar refractivity (Wildman–Crippen MR) is 87.8 cm³/mol. The number of thiophene rings is 1. The van der Waals surface area contributed by atoms with E-state index in [9.17, 15) is 8.42 Å². The van der Waals surface area contributed by atoms with E-state index in [0.717, 1.165) is 16.6 Å². The molecule has 0 aliphatic carbocycles. The lowest BCUT2D eigenvalue weighted by atomic mass is 10.3. The minimum Gasteiger partial charge on any atom is -0.316 e. The average Bonchev–Trinajstić information content (AvgIpc) is 2.78. The molecular formula is C12H16Cl2N2O2S2. The van der Waals surface area contributed by atoms with E-state index < -0.39 is 10.0 Å². The Balaban J connectivity index is 0.00000200. The Kier molecular flexibility index (Phi) is 6.71. The van der Waals surface area contributed by atoms with E-state index in [2.05, 4.69) is 10.0 Å². The smallest absolute Gasteiger partial charge is 0.250 e. The van der Waals surface area contributed by atoms with Gasteiger partial charge in [-0.3, -0.25) is 0 Å². The molecule has 0 unspecified atom stereocenters. The van der Waals surface area contributed by atoms with Crippen molar-refractivity contribution in [2.45, 2.75) is 11.1 Å². The second-order valence-electron chi connectivity index (χ2n) is 4.00. The number of sulfonamides is 1. The molecular weight excluding hydrogens is 339 g/mol. The highest BCUT2D eigenvalue weighted by Gasteiger charge is 2.16. The van der Waals surface area contributed by atoms with Crippen molar-refractivity contribution in [1.82, 2.24) is 10.0 Å². The first-order chi connectivity index (χ1) is 9.03. The third-order valence-electron chi connectivity index (χ3n) is 2.56. The van der Waals surface area contributed by atoms with Crippen LogP contribution in [-0.2, 0) is 10.0 Å². The van der Waals surface area contributed by atoms with Crippen molar-refractivity contribution in [3.63, 3.8) is 0 Å². The predicted octanol–water partition coefficient (Wildman–Crippen LogP) is 2.86. The van der Waals surface area contributed by atoms with E-state index in [1.807, 2.05) is 13.0 Å². The quantitative estimate of drug-likeness (QED) is 0.784. The third-order valence-corrected chi connectivity index (χ3v) is 5.85. The van der Waals surface area contributed by atoms with Crippen molar-refractivity contribution in [2.75, 3.05) is 19.6 Å². The summed E-state index contributed by atoms with van der Waals surface area (Å²) in [6.07, 6.45) is 0. The monoisotopic (exact) mass is 354 g/mol. The SMILES string of the molecule is CCNCCNS(=O)(=O)c1cc2cc(Cl)ccc2s1.Cl. The van der Waals surface area contributed by atoms with Gasteiger partial charge in [0.25, 0.3) is 0 Å². The summed E-state index contributed by atoms with van der Waals surface area (Å²) in [5, 5.41) is 4.52. The van der Waals surface area contributed by atoms with Crippen LogP contribution in [0.25, 0.3) is 10.1 Å². The van der Waals surface area contributed by atoms with Gasteiger partial charge in [-0.15, -0.1) is 23.7 Å². The van der Waals surface area contributed by atoms with Crippen molar-refractivity contribution in [3.05, 3.63) is 29.3 Å². The molecule has 1 heterocycles. The maximum absolute atomic E-state index is 12.1. The van der Waals surface area contributed by atoms with E-state index in [1.165, 1.54) is 11.3 Å². The molecule has 2 aromatic rings. The standard InChI is InChI=1S/C12H15ClN2O2S2.ClH/c1-2-14-5-6-15-19(16,17)12-8-9-7-10(13)3-4-11(9)18-12;/h3-4,7-8,14-15H,2,5-6H2,1H3;1H. The summed E-state index contributed by atoms with van der Waals surface area (Å²) in [6.45, 7) is 3.80. The summed E-state index contributed by atoms with van der Waals surface area (Å²) < 4.78 is 28.0. The van der Waals surface area contributed by atoms with Gasteiger partial charge in [0, 0.05) is 22.8 Å². The number of hydrogen-bond acceptors (Lipinski definition) is 4. The number of rotatable bonds is 6. The molecule has 1 aromatic heterocycles. The van der Waals surface area contributed by atoms with Crippen molar-refractivity contribution in [1.29, 1.82) is 0 Å². The van der Waals surface area contributed by atoms with Crippen molar-refractivity contribution in [3.8, 4) is 0 Å². The normalized spacial score (nSPS) is 11.5. The number of halogens is 2. The van der Waals surface area contributed by atoms with Gasteiger partial charge >= 0.3 is 0 Å². The van der Waals surface area contributed by atoms with Crippen molar-refractivity contribution in [2.24, 2.45) is 0 Å². The van der Waals surface area contributed by atoms with Crippen LogP contribution in [0.5, 0.6) is 0 Å². The summed E-state index contributed by atoms with van der Waals surface area (Å²) in [5.74, 6) is 0. The van der Waals surface area contributed by atoms with E-state index in [1.54, 1.807) is 18.2 Å². The molecule has 0 saturated heterocycles. The highest BCUT2D eigenvalue weighted by atomic mass is 35.5. The molecule has 112 valence electrons. The van der Waals surface area contributed by atoms with Crippen LogP contribution in [-0.4, -0.2) is 28.1 Å². The molecule has 0 spiro atoms. The second kappa shape index (κ2) is 7.59. The fourth-order valence-corrected chi connectivity index (χ4v) is 4.28. The maximum atomic E-state index is 12.1. The van der Waals surface area contributed by atoms with Crippen LogP contribution in [0.1, 0.15) is 6.92 Å². The van der Waals surface area contributed by atoms with E-state index in [4.69, 9.17) is 11.6 Å². The molecule has 4 nitrogen and oxygen atoms in total. The van der Waals surface area contributed by atoms with Gasteiger partial charge in [0.1, 0.15) is 4.21 Å². The largest absolute Gasteiger partial charge is 0.316 e. The summed E-state index contributed by atoms with van der Waals surface area (Å²) in [6, 6.07) is 7.02.